The number of ether oxygens (including phenoxy) is 1. The van der Waals surface area contributed by atoms with Gasteiger partial charge in [0.2, 0.25) is 10.0 Å². The van der Waals surface area contributed by atoms with Crippen molar-refractivity contribution < 1.29 is 22.3 Å². The van der Waals surface area contributed by atoms with Crippen molar-refractivity contribution >= 4 is 21.6 Å². The summed E-state index contributed by atoms with van der Waals surface area (Å²) >= 11 is 0. The normalized spacial score (nSPS) is 11.1. The predicted molar refractivity (Wildman–Crippen MR) is 128 cm³/mol. The summed E-state index contributed by atoms with van der Waals surface area (Å²) in [7, 11) is -3.63. The fraction of sp³-hybridized carbons (Fsp3) is 0.240. The minimum atomic E-state index is -3.63. The lowest BCUT2D eigenvalue weighted by Crippen LogP contribution is -2.29. The summed E-state index contributed by atoms with van der Waals surface area (Å²) in [4.78, 5) is 12.4. The summed E-state index contributed by atoms with van der Waals surface area (Å²) < 4.78 is 44.8. The Labute approximate surface area is 194 Å². The summed E-state index contributed by atoms with van der Waals surface area (Å²) in [5.41, 5.74) is 2.58. The molecule has 33 heavy (non-hydrogen) atoms. The first-order valence-corrected chi connectivity index (χ1v) is 12.4. The monoisotopic (exact) mass is 470 g/mol. The number of halogens is 1. The SMILES string of the molecule is CCc1ccc(OCCNC(=O)c2ccc(CN(c3cccc(F)c3)S(C)(=O)=O)cc2)cc1. The first kappa shape index (κ1) is 24.3. The van der Waals surface area contributed by atoms with E-state index in [1.165, 1.54) is 29.8 Å². The average molecular weight is 471 g/mol. The van der Waals surface area contributed by atoms with Gasteiger partial charge in [0.05, 0.1) is 25.0 Å². The standard InChI is InChI=1S/C25H27FN2O4S/c1-3-19-9-13-24(14-10-19)32-16-15-27-25(29)21-11-7-20(8-12-21)18-28(33(2,30)31)23-6-4-5-22(26)17-23/h4-14,17H,3,15-16,18H2,1-2H3,(H,27,29). The topological polar surface area (TPSA) is 75.7 Å². The molecule has 0 unspecified atom stereocenters. The Bertz CT molecular complexity index is 1180. The van der Waals surface area contributed by atoms with Crippen LogP contribution < -0.4 is 14.4 Å². The molecular formula is C25H27FN2O4S. The molecule has 0 spiro atoms. The van der Waals surface area contributed by atoms with Crippen molar-refractivity contribution in [3.63, 3.8) is 0 Å². The van der Waals surface area contributed by atoms with Crippen LogP contribution in [0.25, 0.3) is 0 Å². The van der Waals surface area contributed by atoms with Gasteiger partial charge in [-0.25, -0.2) is 12.8 Å². The van der Waals surface area contributed by atoms with Crippen molar-refractivity contribution in [1.29, 1.82) is 0 Å². The van der Waals surface area contributed by atoms with Crippen LogP contribution in [0, 0.1) is 5.82 Å². The third-order valence-electron chi connectivity index (χ3n) is 5.03. The molecule has 3 rings (SSSR count). The van der Waals surface area contributed by atoms with Crippen LogP contribution in [0.5, 0.6) is 5.75 Å². The van der Waals surface area contributed by atoms with Crippen molar-refractivity contribution in [3.8, 4) is 5.75 Å². The van der Waals surface area contributed by atoms with Gasteiger partial charge < -0.3 is 10.1 Å². The van der Waals surface area contributed by atoms with Gasteiger partial charge in [0.15, 0.2) is 0 Å². The lowest BCUT2D eigenvalue weighted by atomic mass is 10.1. The summed E-state index contributed by atoms with van der Waals surface area (Å²) in [6, 6.07) is 19.9. The van der Waals surface area contributed by atoms with E-state index in [2.05, 4.69) is 12.2 Å². The summed E-state index contributed by atoms with van der Waals surface area (Å²) in [6.45, 7) is 2.79. The Morgan fingerprint density at radius 2 is 1.67 bits per heavy atom. The van der Waals surface area contributed by atoms with Gasteiger partial charge in [-0.05, 0) is 60.0 Å². The molecule has 1 amide bonds. The van der Waals surface area contributed by atoms with Crippen molar-refractivity contribution in [2.45, 2.75) is 19.9 Å². The number of carbonyl (C=O) groups is 1. The molecule has 0 aliphatic rings. The van der Waals surface area contributed by atoms with Crippen LogP contribution in [0.3, 0.4) is 0 Å². The molecule has 0 radical (unpaired) electrons. The molecule has 0 fully saturated rings. The van der Waals surface area contributed by atoms with Crippen LogP contribution in [0.15, 0.2) is 72.8 Å². The molecule has 6 nitrogen and oxygen atoms in total. The Balaban J connectivity index is 1.55. The van der Waals surface area contributed by atoms with E-state index in [4.69, 9.17) is 4.74 Å². The highest BCUT2D eigenvalue weighted by atomic mass is 32.2. The number of anilines is 1. The smallest absolute Gasteiger partial charge is 0.251 e. The van der Waals surface area contributed by atoms with Gasteiger partial charge in [0, 0.05) is 5.56 Å². The molecule has 1 N–H and O–H groups in total. The zero-order chi connectivity index (χ0) is 23.8. The van der Waals surface area contributed by atoms with Crippen molar-refractivity contribution in [2.24, 2.45) is 0 Å². The Hall–Kier alpha value is -3.39. The van der Waals surface area contributed by atoms with Gasteiger partial charge in [0.25, 0.3) is 5.91 Å². The average Bonchev–Trinajstić information content (AvgIpc) is 2.80. The van der Waals surface area contributed by atoms with Crippen LogP contribution in [-0.4, -0.2) is 33.7 Å². The number of nitrogens with zero attached hydrogens (tertiary/aromatic N) is 1. The molecule has 0 atom stereocenters. The second-order valence-electron chi connectivity index (χ2n) is 7.55. The van der Waals surface area contributed by atoms with Crippen molar-refractivity contribution in [1.82, 2.24) is 5.32 Å². The van der Waals surface area contributed by atoms with Gasteiger partial charge in [-0.2, -0.15) is 0 Å². The van der Waals surface area contributed by atoms with E-state index in [9.17, 15) is 17.6 Å². The number of nitrogens with one attached hydrogen (secondary N) is 1. The van der Waals surface area contributed by atoms with Gasteiger partial charge >= 0.3 is 0 Å². The Morgan fingerprint density at radius 1 is 1.00 bits per heavy atom. The molecule has 3 aromatic carbocycles. The quantitative estimate of drug-likeness (QED) is 0.452. The van der Waals surface area contributed by atoms with E-state index in [-0.39, 0.29) is 18.1 Å². The first-order valence-electron chi connectivity index (χ1n) is 10.6. The molecule has 0 saturated carbocycles. The van der Waals surface area contributed by atoms with E-state index in [0.717, 1.165) is 22.7 Å². The highest BCUT2D eigenvalue weighted by molar-refractivity contribution is 7.92. The van der Waals surface area contributed by atoms with E-state index in [1.807, 2.05) is 24.3 Å². The molecular weight excluding hydrogens is 443 g/mol. The van der Waals surface area contributed by atoms with Gasteiger partial charge in [0.1, 0.15) is 18.2 Å². The third kappa shape index (κ3) is 7.05. The predicted octanol–water partition coefficient (Wildman–Crippen LogP) is 4.16. The van der Waals surface area contributed by atoms with E-state index in [0.29, 0.717) is 24.3 Å². The highest BCUT2D eigenvalue weighted by Gasteiger charge is 2.18. The molecule has 0 bridgehead atoms. The molecule has 3 aromatic rings. The van der Waals surface area contributed by atoms with Crippen LogP contribution in [0.4, 0.5) is 10.1 Å². The summed E-state index contributed by atoms with van der Waals surface area (Å²) in [6.07, 6.45) is 2.03. The molecule has 174 valence electrons. The largest absolute Gasteiger partial charge is 0.492 e. The zero-order valence-corrected chi connectivity index (χ0v) is 19.4. The molecule has 0 heterocycles. The second kappa shape index (κ2) is 11.0. The minimum Gasteiger partial charge on any atom is -0.492 e. The van der Waals surface area contributed by atoms with Crippen LogP contribution in [-0.2, 0) is 23.0 Å². The van der Waals surface area contributed by atoms with Crippen LogP contribution in [0.1, 0.15) is 28.4 Å². The third-order valence-corrected chi connectivity index (χ3v) is 6.17. The molecule has 0 aromatic heterocycles. The second-order valence-corrected chi connectivity index (χ2v) is 9.46. The van der Waals surface area contributed by atoms with Crippen LogP contribution in [0.2, 0.25) is 0 Å². The van der Waals surface area contributed by atoms with E-state index >= 15 is 0 Å². The fourth-order valence-electron chi connectivity index (χ4n) is 3.22. The van der Waals surface area contributed by atoms with E-state index < -0.39 is 15.8 Å². The van der Waals surface area contributed by atoms with Gasteiger partial charge in [-0.15, -0.1) is 0 Å². The maximum atomic E-state index is 13.6. The molecule has 8 heteroatoms. The van der Waals surface area contributed by atoms with Crippen molar-refractivity contribution in [2.75, 3.05) is 23.7 Å². The number of carbonyl (C=O) groups excluding carboxylic acids is 1. The number of hydrogen-bond acceptors (Lipinski definition) is 4. The van der Waals surface area contributed by atoms with Crippen LogP contribution >= 0.6 is 0 Å². The highest BCUT2D eigenvalue weighted by Crippen LogP contribution is 2.21. The maximum Gasteiger partial charge on any atom is 0.251 e. The van der Waals surface area contributed by atoms with E-state index in [1.54, 1.807) is 24.3 Å². The lowest BCUT2D eigenvalue weighted by molar-refractivity contribution is 0.0947. The molecule has 0 aliphatic carbocycles. The number of amides is 1. The Morgan fingerprint density at radius 3 is 2.27 bits per heavy atom. The molecule has 0 aliphatic heterocycles. The summed E-state index contributed by atoms with van der Waals surface area (Å²) in [5, 5.41) is 2.80. The molecule has 0 saturated heterocycles. The Kier molecular flexibility index (Phi) is 8.06. The summed E-state index contributed by atoms with van der Waals surface area (Å²) in [5.74, 6) is -0.0220. The number of hydrogen-bond donors (Lipinski definition) is 1. The zero-order valence-electron chi connectivity index (χ0n) is 18.6. The van der Waals surface area contributed by atoms with Crippen molar-refractivity contribution in [3.05, 3.63) is 95.3 Å². The first-order chi connectivity index (χ1) is 15.8. The fourth-order valence-corrected chi connectivity index (χ4v) is 4.10. The van der Waals surface area contributed by atoms with Gasteiger partial charge in [-0.1, -0.05) is 37.3 Å². The lowest BCUT2D eigenvalue weighted by Gasteiger charge is -2.22. The number of aryl methyl sites for hydroxylation is 1. The number of rotatable bonds is 10. The number of sulfonamides is 1. The van der Waals surface area contributed by atoms with Gasteiger partial charge in [-0.3, -0.25) is 9.10 Å². The minimum absolute atomic E-state index is 0.0227. The number of benzene rings is 3. The maximum absolute atomic E-state index is 13.6.